The van der Waals surface area contributed by atoms with Crippen LogP contribution in [0.1, 0.15) is 28.8 Å². The van der Waals surface area contributed by atoms with E-state index in [1.165, 1.54) is 12.4 Å². The zero-order valence-electron chi connectivity index (χ0n) is 15.3. The van der Waals surface area contributed by atoms with Crippen molar-refractivity contribution in [2.24, 2.45) is 5.10 Å². The first kappa shape index (κ1) is 18.3. The van der Waals surface area contributed by atoms with E-state index in [2.05, 4.69) is 25.8 Å². The van der Waals surface area contributed by atoms with Crippen LogP contribution in [0.25, 0.3) is 0 Å². The lowest BCUT2D eigenvalue weighted by Gasteiger charge is -2.12. The predicted octanol–water partition coefficient (Wildman–Crippen LogP) is 3.14. The van der Waals surface area contributed by atoms with Crippen molar-refractivity contribution < 1.29 is 14.3 Å². The van der Waals surface area contributed by atoms with Gasteiger partial charge in [0.15, 0.2) is 0 Å². The van der Waals surface area contributed by atoms with Gasteiger partial charge in [-0.2, -0.15) is 5.10 Å². The van der Waals surface area contributed by atoms with E-state index in [0.717, 1.165) is 11.3 Å². The molecule has 8 heteroatoms. The highest BCUT2D eigenvalue weighted by Crippen LogP contribution is 2.17. The van der Waals surface area contributed by atoms with E-state index in [1.54, 1.807) is 24.3 Å². The largest absolute Gasteiger partial charge is 0.424 e. The van der Waals surface area contributed by atoms with E-state index < -0.39 is 0 Å². The predicted molar refractivity (Wildman–Crippen MR) is 107 cm³/mol. The molecule has 3 aromatic rings. The topological polar surface area (TPSA) is 106 Å². The summed E-state index contributed by atoms with van der Waals surface area (Å²) in [4.78, 5) is 31.7. The number of carbonyl (C=O) groups excluding carboxylic acids is 2. The number of aromatic nitrogens is 2. The van der Waals surface area contributed by atoms with Crippen molar-refractivity contribution in [3.05, 3.63) is 78.1 Å². The molecule has 0 atom stereocenters. The third-order valence-electron chi connectivity index (χ3n) is 4.22. The Labute approximate surface area is 166 Å². The van der Waals surface area contributed by atoms with Crippen LogP contribution >= 0.6 is 0 Å². The van der Waals surface area contributed by atoms with Gasteiger partial charge in [0, 0.05) is 30.9 Å². The van der Waals surface area contributed by atoms with Crippen LogP contribution in [0.4, 0.5) is 5.69 Å². The van der Waals surface area contributed by atoms with Crippen LogP contribution in [0.3, 0.4) is 0 Å². The van der Waals surface area contributed by atoms with Crippen molar-refractivity contribution >= 4 is 23.2 Å². The molecule has 0 spiro atoms. The number of hydrogen-bond acceptors (Lipinski definition) is 6. The minimum Gasteiger partial charge on any atom is -0.424 e. The van der Waals surface area contributed by atoms with Gasteiger partial charge in [-0.25, -0.2) is 15.4 Å². The van der Waals surface area contributed by atoms with Crippen molar-refractivity contribution in [3.63, 3.8) is 0 Å². The molecule has 29 heavy (non-hydrogen) atoms. The van der Waals surface area contributed by atoms with Crippen molar-refractivity contribution in [3.8, 4) is 11.8 Å². The molecule has 2 amide bonds. The summed E-state index contributed by atoms with van der Waals surface area (Å²) in [5.41, 5.74) is 5.12. The molecule has 144 valence electrons. The number of nitrogens with zero attached hydrogens (tertiary/aromatic N) is 3. The lowest BCUT2D eigenvalue weighted by Crippen LogP contribution is -2.25. The lowest BCUT2D eigenvalue weighted by molar-refractivity contribution is -0.121. The van der Waals surface area contributed by atoms with Gasteiger partial charge in [-0.05, 0) is 29.8 Å². The fraction of sp³-hybridized carbons (Fsp3) is 0.0952. The first-order chi connectivity index (χ1) is 14.2. The number of carbonyl (C=O) groups is 2. The highest BCUT2D eigenvalue weighted by molar-refractivity contribution is 6.06. The van der Waals surface area contributed by atoms with Gasteiger partial charge in [0.25, 0.3) is 5.91 Å². The SMILES string of the molecule is O=C1CCC(c2ccc(NC(=O)c3cnc(Oc4ccccc4)nc3)cc2)=NN1. The quantitative estimate of drug-likeness (QED) is 0.700. The van der Waals surface area contributed by atoms with Crippen LogP contribution in [0.5, 0.6) is 11.8 Å². The van der Waals surface area contributed by atoms with Gasteiger partial charge < -0.3 is 10.1 Å². The standard InChI is InChI=1S/C21H17N5O3/c27-19-11-10-18(25-26-19)14-6-8-16(9-7-14)24-20(28)15-12-22-21(23-13-15)29-17-4-2-1-3-5-17/h1-9,12-13H,10-11H2,(H,24,28)(H,26,27). The smallest absolute Gasteiger partial charge is 0.321 e. The Morgan fingerprint density at radius 2 is 1.69 bits per heavy atom. The molecule has 0 saturated carbocycles. The summed E-state index contributed by atoms with van der Waals surface area (Å²) in [7, 11) is 0. The van der Waals surface area contributed by atoms with Gasteiger partial charge in [0.2, 0.25) is 5.91 Å². The average molecular weight is 387 g/mol. The molecule has 4 rings (SSSR count). The summed E-state index contributed by atoms with van der Waals surface area (Å²) in [6.07, 6.45) is 3.83. The van der Waals surface area contributed by atoms with Gasteiger partial charge >= 0.3 is 6.01 Å². The zero-order valence-corrected chi connectivity index (χ0v) is 15.3. The van der Waals surface area contributed by atoms with Crippen LogP contribution in [0.15, 0.2) is 72.1 Å². The molecule has 1 aliphatic rings. The van der Waals surface area contributed by atoms with E-state index >= 15 is 0 Å². The number of amides is 2. The molecule has 0 saturated heterocycles. The molecule has 0 unspecified atom stereocenters. The van der Waals surface area contributed by atoms with E-state index in [9.17, 15) is 9.59 Å². The lowest BCUT2D eigenvalue weighted by atomic mass is 10.0. The van der Waals surface area contributed by atoms with Gasteiger partial charge in [0.1, 0.15) is 5.75 Å². The van der Waals surface area contributed by atoms with E-state index in [4.69, 9.17) is 4.74 Å². The maximum atomic E-state index is 12.4. The highest BCUT2D eigenvalue weighted by atomic mass is 16.5. The Hall–Kier alpha value is -4.07. The van der Waals surface area contributed by atoms with Gasteiger partial charge in [-0.1, -0.05) is 30.3 Å². The Morgan fingerprint density at radius 3 is 2.34 bits per heavy atom. The number of rotatable bonds is 5. The monoisotopic (exact) mass is 387 g/mol. The molecule has 1 aliphatic heterocycles. The molecule has 1 aromatic heterocycles. The molecule has 0 fully saturated rings. The molecule has 2 N–H and O–H groups in total. The van der Waals surface area contributed by atoms with Crippen LogP contribution in [0, 0.1) is 0 Å². The number of benzene rings is 2. The summed E-state index contributed by atoms with van der Waals surface area (Å²) in [6.45, 7) is 0. The summed E-state index contributed by atoms with van der Waals surface area (Å²) >= 11 is 0. The Balaban J connectivity index is 1.38. The summed E-state index contributed by atoms with van der Waals surface area (Å²) in [6, 6.07) is 16.6. The van der Waals surface area contributed by atoms with Crippen molar-refractivity contribution in [2.75, 3.05) is 5.32 Å². The number of nitrogens with one attached hydrogen (secondary N) is 2. The maximum absolute atomic E-state index is 12.4. The van der Waals surface area contributed by atoms with Gasteiger partial charge in [-0.3, -0.25) is 9.59 Å². The normalized spacial score (nSPS) is 13.2. The van der Waals surface area contributed by atoms with E-state index in [0.29, 0.717) is 29.8 Å². The highest BCUT2D eigenvalue weighted by Gasteiger charge is 2.14. The molecule has 0 bridgehead atoms. The first-order valence-electron chi connectivity index (χ1n) is 8.99. The third kappa shape index (κ3) is 4.62. The molecule has 2 aromatic carbocycles. The average Bonchev–Trinajstić information content (AvgIpc) is 2.76. The Kier molecular flexibility index (Phi) is 5.24. The van der Waals surface area contributed by atoms with Crippen LogP contribution in [-0.4, -0.2) is 27.5 Å². The number of para-hydroxylation sites is 1. The van der Waals surface area contributed by atoms with Crippen molar-refractivity contribution in [2.45, 2.75) is 12.8 Å². The number of ether oxygens (including phenoxy) is 1. The van der Waals surface area contributed by atoms with E-state index in [1.807, 2.05) is 30.3 Å². The second-order valence-electron chi connectivity index (χ2n) is 6.29. The number of anilines is 1. The van der Waals surface area contributed by atoms with Crippen LogP contribution < -0.4 is 15.5 Å². The molecule has 2 heterocycles. The minimum atomic E-state index is -0.328. The fourth-order valence-corrected chi connectivity index (χ4v) is 2.71. The van der Waals surface area contributed by atoms with Crippen molar-refractivity contribution in [1.82, 2.24) is 15.4 Å². The second kappa shape index (κ2) is 8.30. The fourth-order valence-electron chi connectivity index (χ4n) is 2.71. The summed E-state index contributed by atoms with van der Waals surface area (Å²) in [5, 5.41) is 6.85. The van der Waals surface area contributed by atoms with E-state index in [-0.39, 0.29) is 17.8 Å². The van der Waals surface area contributed by atoms with Gasteiger partial charge in [-0.15, -0.1) is 0 Å². The minimum absolute atomic E-state index is 0.0833. The molecule has 8 nitrogen and oxygen atoms in total. The second-order valence-corrected chi connectivity index (χ2v) is 6.29. The Bertz CT molecular complexity index is 1050. The first-order valence-corrected chi connectivity index (χ1v) is 8.99. The molecular formula is C21H17N5O3. The zero-order chi connectivity index (χ0) is 20.1. The Morgan fingerprint density at radius 1 is 0.966 bits per heavy atom. The maximum Gasteiger partial charge on any atom is 0.321 e. The van der Waals surface area contributed by atoms with Crippen LogP contribution in [0.2, 0.25) is 0 Å². The number of hydrogen-bond donors (Lipinski definition) is 2. The molecular weight excluding hydrogens is 370 g/mol. The molecule has 0 radical (unpaired) electrons. The molecule has 0 aliphatic carbocycles. The van der Waals surface area contributed by atoms with Crippen LogP contribution in [-0.2, 0) is 4.79 Å². The van der Waals surface area contributed by atoms with Gasteiger partial charge in [0.05, 0.1) is 11.3 Å². The summed E-state index contributed by atoms with van der Waals surface area (Å²) in [5.74, 6) is 0.207. The van der Waals surface area contributed by atoms with Crippen molar-refractivity contribution in [1.29, 1.82) is 0 Å². The summed E-state index contributed by atoms with van der Waals surface area (Å²) < 4.78 is 5.52. The number of hydrazone groups is 1. The third-order valence-corrected chi connectivity index (χ3v) is 4.22.